The van der Waals surface area contributed by atoms with Gasteiger partial charge >= 0.3 is 5.69 Å². The first kappa shape index (κ1) is 20.9. The average molecular weight is 436 g/mol. The smallest absolute Gasteiger partial charge is 0.332 e. The molecule has 0 fully saturated rings. The summed E-state index contributed by atoms with van der Waals surface area (Å²) in [7, 11) is 0. The summed E-state index contributed by atoms with van der Waals surface area (Å²) in [4.78, 5) is 50.3. The molecular formula is C22H20N4O6. The minimum atomic E-state index is -0.874. The molecule has 32 heavy (non-hydrogen) atoms. The minimum Gasteiger partial charge on any atom is -0.492 e. The Morgan fingerprint density at radius 1 is 1.03 bits per heavy atom. The zero-order valence-electron chi connectivity index (χ0n) is 17.2. The number of ether oxygens (including phenoxy) is 1. The molecule has 10 nitrogen and oxygen atoms in total. The first-order valence-electron chi connectivity index (χ1n) is 9.85. The summed E-state index contributed by atoms with van der Waals surface area (Å²) in [6, 6.07) is 13.6. The number of nitrogens with two attached hydrogens (primary N) is 1. The van der Waals surface area contributed by atoms with Gasteiger partial charge in [0, 0.05) is 5.39 Å². The van der Waals surface area contributed by atoms with E-state index in [9.17, 15) is 19.2 Å². The highest BCUT2D eigenvalue weighted by Gasteiger charge is 2.22. The predicted molar refractivity (Wildman–Crippen MR) is 118 cm³/mol. The van der Waals surface area contributed by atoms with Crippen LogP contribution in [0, 0.1) is 0 Å². The van der Waals surface area contributed by atoms with Gasteiger partial charge in [0.05, 0.1) is 12.3 Å². The van der Waals surface area contributed by atoms with Gasteiger partial charge < -0.3 is 20.2 Å². The summed E-state index contributed by atoms with van der Waals surface area (Å²) >= 11 is 0. The van der Waals surface area contributed by atoms with Gasteiger partial charge in [-0.25, -0.2) is 9.36 Å². The summed E-state index contributed by atoms with van der Waals surface area (Å²) in [5.74, 6) is -0.926. The lowest BCUT2D eigenvalue weighted by atomic mass is 10.2. The van der Waals surface area contributed by atoms with Crippen molar-refractivity contribution in [2.45, 2.75) is 20.0 Å². The van der Waals surface area contributed by atoms with Crippen LogP contribution in [0.3, 0.4) is 0 Å². The van der Waals surface area contributed by atoms with Gasteiger partial charge in [-0.15, -0.1) is 0 Å². The fourth-order valence-corrected chi connectivity index (χ4v) is 3.52. The fraction of sp³-hybridized carbons (Fsp3) is 0.182. The highest BCUT2D eigenvalue weighted by molar-refractivity contribution is 6.03. The van der Waals surface area contributed by atoms with Gasteiger partial charge in [0.15, 0.2) is 0 Å². The van der Waals surface area contributed by atoms with E-state index in [-0.39, 0.29) is 11.1 Å². The molecule has 0 atom stereocenters. The van der Waals surface area contributed by atoms with E-state index >= 15 is 0 Å². The monoisotopic (exact) mass is 436 g/mol. The molecule has 0 aliphatic heterocycles. The first-order chi connectivity index (χ1) is 15.4. The van der Waals surface area contributed by atoms with Gasteiger partial charge in [-0.05, 0) is 31.2 Å². The number of primary amides is 1. The van der Waals surface area contributed by atoms with Crippen molar-refractivity contribution < 1.29 is 18.7 Å². The van der Waals surface area contributed by atoms with Crippen molar-refractivity contribution in [3.8, 4) is 5.75 Å². The normalized spacial score (nSPS) is 11.0. The molecule has 4 rings (SSSR count). The molecule has 2 aromatic carbocycles. The Kier molecular flexibility index (Phi) is 5.50. The van der Waals surface area contributed by atoms with Crippen molar-refractivity contribution in [3.63, 3.8) is 0 Å². The van der Waals surface area contributed by atoms with Crippen molar-refractivity contribution >= 4 is 39.6 Å². The molecule has 2 aromatic heterocycles. The Labute approximate surface area is 180 Å². The number of nitrogens with one attached hydrogen (secondary N) is 1. The number of carbonyl (C=O) groups excluding carboxylic acids is 2. The average Bonchev–Trinajstić information content (AvgIpc) is 3.15. The molecule has 2 amide bonds. The summed E-state index contributed by atoms with van der Waals surface area (Å²) < 4.78 is 12.9. The van der Waals surface area contributed by atoms with Gasteiger partial charge in [-0.2, -0.15) is 0 Å². The lowest BCUT2D eigenvalue weighted by Crippen LogP contribution is -2.43. The Bertz CT molecular complexity index is 1460. The lowest BCUT2D eigenvalue weighted by Gasteiger charge is -2.13. The second-order valence-electron chi connectivity index (χ2n) is 6.98. The molecule has 10 heteroatoms. The van der Waals surface area contributed by atoms with Crippen LogP contribution in [-0.2, 0) is 22.7 Å². The van der Waals surface area contributed by atoms with Crippen LogP contribution < -0.4 is 27.0 Å². The molecule has 0 spiro atoms. The summed E-state index contributed by atoms with van der Waals surface area (Å²) in [5.41, 5.74) is 4.40. The predicted octanol–water partition coefficient (Wildman–Crippen LogP) is 1.43. The zero-order chi connectivity index (χ0) is 22.8. The molecule has 0 saturated heterocycles. The highest BCUT2D eigenvalue weighted by atomic mass is 16.5. The van der Waals surface area contributed by atoms with Crippen LogP contribution in [0.15, 0.2) is 62.5 Å². The number of aromatic nitrogens is 2. The number of hydrogen-bond acceptors (Lipinski definition) is 6. The SMILES string of the molecule is CCOc1ccccc1NC(=O)Cn1c(=O)n(CC(N)=O)c(=O)c2oc3ccccc3c21. The van der Waals surface area contributed by atoms with Crippen molar-refractivity contribution in [3.05, 3.63) is 69.4 Å². The van der Waals surface area contributed by atoms with E-state index in [1.54, 1.807) is 48.5 Å². The van der Waals surface area contributed by atoms with Crippen LogP contribution in [0.25, 0.3) is 22.1 Å². The Morgan fingerprint density at radius 3 is 2.50 bits per heavy atom. The number of amides is 2. The molecule has 0 radical (unpaired) electrons. The molecule has 0 saturated carbocycles. The van der Waals surface area contributed by atoms with Crippen LogP contribution in [0.2, 0.25) is 0 Å². The number of benzene rings is 2. The molecule has 0 bridgehead atoms. The number of para-hydroxylation sites is 3. The second-order valence-corrected chi connectivity index (χ2v) is 6.98. The molecule has 4 aromatic rings. The van der Waals surface area contributed by atoms with Crippen molar-refractivity contribution in [1.29, 1.82) is 0 Å². The maximum atomic E-state index is 13.1. The van der Waals surface area contributed by atoms with E-state index in [0.717, 1.165) is 4.57 Å². The number of anilines is 1. The third kappa shape index (κ3) is 3.73. The van der Waals surface area contributed by atoms with Gasteiger partial charge in [0.2, 0.25) is 17.4 Å². The van der Waals surface area contributed by atoms with Gasteiger partial charge in [0.1, 0.15) is 29.9 Å². The summed E-state index contributed by atoms with van der Waals surface area (Å²) in [6.07, 6.45) is 0. The lowest BCUT2D eigenvalue weighted by molar-refractivity contribution is -0.118. The van der Waals surface area contributed by atoms with Crippen molar-refractivity contribution in [2.75, 3.05) is 11.9 Å². The third-order valence-electron chi connectivity index (χ3n) is 4.82. The number of rotatable bonds is 7. The topological polar surface area (TPSA) is 139 Å². The molecule has 0 unspecified atom stereocenters. The Balaban J connectivity index is 1.84. The van der Waals surface area contributed by atoms with E-state index < -0.39 is 36.2 Å². The third-order valence-corrected chi connectivity index (χ3v) is 4.82. The van der Waals surface area contributed by atoms with Crippen molar-refractivity contribution in [2.24, 2.45) is 5.73 Å². The standard InChI is InChI=1S/C22H20N4O6/c1-2-31-16-10-6-4-8-14(16)24-18(28)12-25-19-13-7-3-5-9-15(13)32-20(19)21(29)26(22(25)30)11-17(23)27/h3-10H,2,11-12H2,1H3,(H2,23,27)(H,24,28). The first-order valence-corrected chi connectivity index (χ1v) is 9.85. The summed E-state index contributed by atoms with van der Waals surface area (Å²) in [6.45, 7) is 1.16. The van der Waals surface area contributed by atoms with Crippen LogP contribution in [0.1, 0.15) is 6.92 Å². The molecule has 3 N–H and O–H groups in total. The van der Waals surface area contributed by atoms with Gasteiger partial charge in [0.25, 0.3) is 5.56 Å². The van der Waals surface area contributed by atoms with E-state index in [0.29, 0.717) is 33.6 Å². The zero-order valence-corrected chi connectivity index (χ0v) is 17.2. The van der Waals surface area contributed by atoms with E-state index in [1.165, 1.54) is 0 Å². The number of fused-ring (bicyclic) bond motifs is 3. The maximum absolute atomic E-state index is 13.1. The van der Waals surface area contributed by atoms with Crippen LogP contribution in [0.4, 0.5) is 5.69 Å². The van der Waals surface area contributed by atoms with Crippen LogP contribution >= 0.6 is 0 Å². The number of nitrogens with zero attached hydrogens (tertiary/aromatic N) is 2. The number of carbonyl (C=O) groups is 2. The van der Waals surface area contributed by atoms with Gasteiger partial charge in [-0.1, -0.05) is 24.3 Å². The van der Waals surface area contributed by atoms with E-state index in [4.69, 9.17) is 14.9 Å². The quantitative estimate of drug-likeness (QED) is 0.449. The summed E-state index contributed by atoms with van der Waals surface area (Å²) in [5, 5.41) is 3.21. The van der Waals surface area contributed by atoms with Crippen molar-refractivity contribution in [1.82, 2.24) is 9.13 Å². The largest absolute Gasteiger partial charge is 0.492 e. The maximum Gasteiger partial charge on any atom is 0.332 e. The Morgan fingerprint density at radius 2 is 1.75 bits per heavy atom. The number of hydrogen-bond donors (Lipinski definition) is 2. The molecule has 0 aliphatic rings. The molecule has 164 valence electrons. The number of furan rings is 1. The molecule has 2 heterocycles. The van der Waals surface area contributed by atoms with Gasteiger partial charge in [-0.3, -0.25) is 19.0 Å². The molecule has 0 aliphatic carbocycles. The minimum absolute atomic E-state index is 0.144. The Hall–Kier alpha value is -4.34. The second kappa shape index (κ2) is 8.42. The fourth-order valence-electron chi connectivity index (χ4n) is 3.52. The van der Waals surface area contributed by atoms with E-state index in [2.05, 4.69) is 5.32 Å². The van der Waals surface area contributed by atoms with Crippen LogP contribution in [-0.4, -0.2) is 27.6 Å². The molecular weight excluding hydrogens is 416 g/mol. The highest BCUT2D eigenvalue weighted by Crippen LogP contribution is 2.26. The van der Waals surface area contributed by atoms with E-state index in [1.807, 2.05) is 6.92 Å². The van der Waals surface area contributed by atoms with Crippen LogP contribution in [0.5, 0.6) is 5.75 Å².